The van der Waals surface area contributed by atoms with Crippen molar-refractivity contribution in [3.05, 3.63) is 35.9 Å². The Hall–Kier alpha value is -1.37. The number of unbranched alkanes of at least 4 members (excludes halogenated alkanes) is 6. The molecule has 3 nitrogen and oxygen atoms in total. The molecule has 1 aromatic carbocycles. The zero-order valence-corrected chi connectivity index (χ0v) is 16.3. The molecule has 0 amide bonds. The van der Waals surface area contributed by atoms with E-state index in [1.54, 1.807) is 14.2 Å². The number of nitriles is 1. The molecule has 1 rings (SSSR count). The molecule has 0 aromatic heterocycles. The third-order valence-electron chi connectivity index (χ3n) is 5.07. The maximum absolute atomic E-state index is 8.90. The van der Waals surface area contributed by atoms with Gasteiger partial charge in [0.2, 0.25) is 0 Å². The van der Waals surface area contributed by atoms with Crippen LogP contribution in [0.4, 0.5) is 0 Å². The number of hydrogen-bond acceptors (Lipinski definition) is 3. The first-order valence-corrected chi connectivity index (χ1v) is 9.77. The van der Waals surface area contributed by atoms with E-state index in [0.717, 1.165) is 24.8 Å². The second kappa shape index (κ2) is 12.9. The molecule has 0 saturated heterocycles. The van der Waals surface area contributed by atoms with Gasteiger partial charge >= 0.3 is 0 Å². The summed E-state index contributed by atoms with van der Waals surface area (Å²) in [6.07, 6.45) is 11.2. The summed E-state index contributed by atoms with van der Waals surface area (Å²) in [5, 5.41) is 8.90. The molecule has 0 fully saturated rings. The molecular weight excluding hydrogens is 310 g/mol. The summed E-state index contributed by atoms with van der Waals surface area (Å²) in [7, 11) is 3.46. The molecule has 0 aliphatic carbocycles. The molecule has 0 saturated carbocycles. The van der Waals surface area contributed by atoms with Gasteiger partial charge in [0.1, 0.15) is 0 Å². The molecular formula is C22H35NO2. The molecule has 0 bridgehead atoms. The van der Waals surface area contributed by atoms with Gasteiger partial charge < -0.3 is 9.47 Å². The number of benzene rings is 1. The van der Waals surface area contributed by atoms with Crippen molar-refractivity contribution in [1.82, 2.24) is 0 Å². The van der Waals surface area contributed by atoms with E-state index < -0.39 is 5.79 Å². The van der Waals surface area contributed by atoms with Crippen molar-refractivity contribution in [2.45, 2.75) is 76.9 Å². The van der Waals surface area contributed by atoms with Crippen LogP contribution >= 0.6 is 0 Å². The maximum atomic E-state index is 8.90. The highest BCUT2D eigenvalue weighted by Gasteiger charge is 2.40. The van der Waals surface area contributed by atoms with Gasteiger partial charge in [-0.25, -0.2) is 0 Å². The van der Waals surface area contributed by atoms with Gasteiger partial charge in [0.25, 0.3) is 0 Å². The zero-order chi connectivity index (χ0) is 18.4. The van der Waals surface area contributed by atoms with Crippen LogP contribution in [0.15, 0.2) is 30.3 Å². The molecule has 0 spiro atoms. The summed E-state index contributed by atoms with van der Waals surface area (Å²) in [6.45, 7) is 2.25. The molecule has 3 heteroatoms. The lowest BCUT2D eigenvalue weighted by molar-refractivity contribution is -0.253. The van der Waals surface area contributed by atoms with Gasteiger partial charge in [-0.1, -0.05) is 75.8 Å². The summed E-state index contributed by atoms with van der Waals surface area (Å²) < 4.78 is 11.9. The van der Waals surface area contributed by atoms with E-state index in [4.69, 9.17) is 14.7 Å². The van der Waals surface area contributed by atoms with E-state index in [-0.39, 0.29) is 5.92 Å². The van der Waals surface area contributed by atoms with Crippen LogP contribution in [-0.2, 0) is 15.3 Å². The second-order valence-corrected chi connectivity index (χ2v) is 6.75. The summed E-state index contributed by atoms with van der Waals surface area (Å²) in [5.41, 5.74) is 1.06. The number of rotatable bonds is 14. The first kappa shape index (κ1) is 21.7. The van der Waals surface area contributed by atoms with Crippen LogP contribution in [0.3, 0.4) is 0 Å². The summed E-state index contributed by atoms with van der Waals surface area (Å²) in [4.78, 5) is 0. The van der Waals surface area contributed by atoms with Crippen LogP contribution in [0, 0.1) is 17.2 Å². The van der Waals surface area contributed by atoms with E-state index >= 15 is 0 Å². The van der Waals surface area contributed by atoms with Crippen LogP contribution < -0.4 is 0 Å². The first-order chi connectivity index (χ1) is 12.2. The van der Waals surface area contributed by atoms with Gasteiger partial charge in [-0.15, -0.1) is 0 Å². The van der Waals surface area contributed by atoms with Gasteiger partial charge in [-0.05, 0) is 19.3 Å². The fourth-order valence-corrected chi connectivity index (χ4v) is 3.68. The van der Waals surface area contributed by atoms with Gasteiger partial charge in [0, 0.05) is 32.1 Å². The molecule has 1 unspecified atom stereocenters. The molecule has 0 aliphatic heterocycles. The van der Waals surface area contributed by atoms with E-state index in [1.807, 2.05) is 18.2 Å². The van der Waals surface area contributed by atoms with E-state index in [1.165, 1.54) is 38.5 Å². The minimum atomic E-state index is -0.722. The molecule has 0 radical (unpaired) electrons. The minimum Gasteiger partial charge on any atom is -0.349 e. The lowest BCUT2D eigenvalue weighted by Crippen LogP contribution is -2.39. The Labute approximate surface area is 154 Å². The number of hydrogen-bond donors (Lipinski definition) is 0. The molecule has 0 aliphatic rings. The van der Waals surface area contributed by atoms with Crippen molar-refractivity contribution in [2.75, 3.05) is 14.2 Å². The summed E-state index contributed by atoms with van der Waals surface area (Å²) in [5.74, 6) is -0.468. The summed E-state index contributed by atoms with van der Waals surface area (Å²) >= 11 is 0. The highest BCUT2D eigenvalue weighted by molar-refractivity contribution is 5.21. The van der Waals surface area contributed by atoms with Gasteiger partial charge in [0.05, 0.1) is 6.07 Å². The Bertz CT molecular complexity index is 477. The SMILES string of the molecule is CCCCCCCCC(CCCC#N)C(OC)(OC)c1ccccc1. The van der Waals surface area contributed by atoms with Gasteiger partial charge in [-0.2, -0.15) is 5.26 Å². The second-order valence-electron chi connectivity index (χ2n) is 6.75. The van der Waals surface area contributed by atoms with Crippen LogP contribution in [0.5, 0.6) is 0 Å². The molecule has 1 atom stereocenters. The van der Waals surface area contributed by atoms with E-state index in [9.17, 15) is 0 Å². The highest BCUT2D eigenvalue weighted by atomic mass is 16.7. The summed E-state index contributed by atoms with van der Waals surface area (Å²) in [6, 6.07) is 12.5. The lowest BCUT2D eigenvalue weighted by atomic mass is 9.83. The zero-order valence-electron chi connectivity index (χ0n) is 16.3. The molecule has 0 heterocycles. The predicted octanol–water partition coefficient (Wildman–Crippen LogP) is 6.19. The largest absolute Gasteiger partial charge is 0.349 e. The fourth-order valence-electron chi connectivity index (χ4n) is 3.68. The fraction of sp³-hybridized carbons (Fsp3) is 0.682. The number of ether oxygens (including phenoxy) is 2. The Morgan fingerprint density at radius 2 is 1.52 bits per heavy atom. The highest BCUT2D eigenvalue weighted by Crippen LogP contribution is 2.40. The average Bonchev–Trinajstić information content (AvgIpc) is 2.66. The van der Waals surface area contributed by atoms with Crippen molar-refractivity contribution in [1.29, 1.82) is 5.26 Å². The predicted molar refractivity (Wildman–Crippen MR) is 103 cm³/mol. The molecule has 25 heavy (non-hydrogen) atoms. The van der Waals surface area contributed by atoms with Crippen molar-refractivity contribution in [2.24, 2.45) is 5.92 Å². The van der Waals surface area contributed by atoms with Crippen molar-refractivity contribution in [3.63, 3.8) is 0 Å². The average molecular weight is 346 g/mol. The van der Waals surface area contributed by atoms with Crippen molar-refractivity contribution < 1.29 is 9.47 Å². The smallest absolute Gasteiger partial charge is 0.197 e. The van der Waals surface area contributed by atoms with Gasteiger partial charge in [-0.3, -0.25) is 0 Å². The normalized spacial score (nSPS) is 12.7. The standard InChI is InChI=1S/C22H35NO2/c1-4-5-6-7-8-10-15-21(18-13-14-19-23)22(24-2,25-3)20-16-11-9-12-17-20/h9,11-12,16-17,21H,4-8,10,13-15,18H2,1-3H3. The van der Waals surface area contributed by atoms with E-state index in [2.05, 4.69) is 25.1 Å². The number of nitrogens with zero attached hydrogens (tertiary/aromatic N) is 1. The molecule has 140 valence electrons. The topological polar surface area (TPSA) is 42.2 Å². The molecule has 0 N–H and O–H groups in total. The number of methoxy groups -OCH3 is 2. The van der Waals surface area contributed by atoms with Crippen molar-refractivity contribution in [3.8, 4) is 6.07 Å². The Kier molecular flexibility index (Phi) is 11.2. The Balaban J connectivity index is 2.80. The maximum Gasteiger partial charge on any atom is 0.197 e. The Morgan fingerprint density at radius 3 is 2.12 bits per heavy atom. The van der Waals surface area contributed by atoms with Crippen molar-refractivity contribution >= 4 is 0 Å². The Morgan fingerprint density at radius 1 is 0.920 bits per heavy atom. The lowest BCUT2D eigenvalue weighted by Gasteiger charge is -2.39. The van der Waals surface area contributed by atoms with Gasteiger partial charge in [0.15, 0.2) is 5.79 Å². The molecule has 1 aromatic rings. The monoisotopic (exact) mass is 345 g/mol. The van der Waals surface area contributed by atoms with Crippen LogP contribution in [0.2, 0.25) is 0 Å². The first-order valence-electron chi connectivity index (χ1n) is 9.77. The third kappa shape index (κ3) is 6.80. The van der Waals surface area contributed by atoms with Crippen LogP contribution in [-0.4, -0.2) is 14.2 Å². The third-order valence-corrected chi connectivity index (χ3v) is 5.07. The van der Waals surface area contributed by atoms with Crippen LogP contribution in [0.25, 0.3) is 0 Å². The minimum absolute atomic E-state index is 0.254. The van der Waals surface area contributed by atoms with Crippen LogP contribution in [0.1, 0.15) is 76.7 Å². The van der Waals surface area contributed by atoms with E-state index in [0.29, 0.717) is 6.42 Å². The quantitative estimate of drug-likeness (QED) is 0.298.